The van der Waals surface area contributed by atoms with Gasteiger partial charge in [-0.3, -0.25) is 4.79 Å². The number of ether oxygens (including phenoxy) is 1. The second kappa shape index (κ2) is 6.73. The van der Waals surface area contributed by atoms with Crippen LogP contribution < -0.4 is 0 Å². The Morgan fingerprint density at radius 3 is 2.50 bits per heavy atom. The van der Waals surface area contributed by atoms with Gasteiger partial charge in [0.2, 0.25) is 15.9 Å². The van der Waals surface area contributed by atoms with Crippen LogP contribution in [0, 0.1) is 0 Å². The Hall–Kier alpha value is -1.58. The largest absolute Gasteiger partial charge is 0.443 e. The predicted molar refractivity (Wildman–Crippen MR) is 92.9 cm³/mol. The van der Waals surface area contributed by atoms with E-state index in [1.807, 2.05) is 0 Å². The Morgan fingerprint density at radius 2 is 1.96 bits per heavy atom. The average molecular weight is 372 g/mol. The quantitative estimate of drug-likeness (QED) is 0.685. The minimum atomic E-state index is -3.85. The molecule has 1 aliphatic heterocycles. The molecule has 0 aromatic heterocycles. The lowest BCUT2D eigenvalue weighted by Gasteiger charge is -2.34. The number of piperazine rings is 1. The number of rotatable bonds is 2. The maximum absolute atomic E-state index is 12.7. The summed E-state index contributed by atoms with van der Waals surface area (Å²) >= 11 is 5.10. The number of amides is 2. The van der Waals surface area contributed by atoms with Gasteiger partial charge in [-0.25, -0.2) is 18.1 Å². The molecule has 9 heteroatoms. The number of hydrogen-bond acceptors (Lipinski definition) is 6. The van der Waals surface area contributed by atoms with Gasteiger partial charge < -0.3 is 4.74 Å². The van der Waals surface area contributed by atoms with Crippen LogP contribution in [-0.2, 0) is 19.6 Å². The molecule has 2 aliphatic rings. The van der Waals surface area contributed by atoms with Crippen LogP contribution in [-0.4, -0.2) is 59.7 Å². The minimum absolute atomic E-state index is 0.0109. The Bertz CT molecular complexity index is 731. The molecule has 2 amide bonds. The number of allylic oxidation sites excluding steroid dienone is 4. The normalized spacial score (nSPS) is 20.1. The van der Waals surface area contributed by atoms with Gasteiger partial charge in [0.15, 0.2) is 0 Å². The maximum Gasteiger partial charge on any atom is 0.417 e. The first-order chi connectivity index (χ1) is 11.0. The summed E-state index contributed by atoms with van der Waals surface area (Å²) in [6.45, 7) is 4.63. The molecular weight excluding hydrogens is 352 g/mol. The predicted octanol–water partition coefficient (Wildman–Crippen LogP) is 1.61. The minimum Gasteiger partial charge on any atom is -0.443 e. The summed E-state index contributed by atoms with van der Waals surface area (Å²) in [6.07, 6.45) is 4.45. The van der Waals surface area contributed by atoms with E-state index in [-0.39, 0.29) is 18.0 Å². The van der Waals surface area contributed by atoms with E-state index in [1.165, 1.54) is 6.08 Å². The molecule has 0 N–H and O–H groups in total. The van der Waals surface area contributed by atoms with Gasteiger partial charge >= 0.3 is 6.09 Å². The number of sulfonamides is 1. The highest BCUT2D eigenvalue weighted by atomic mass is 32.2. The van der Waals surface area contributed by atoms with E-state index < -0.39 is 34.2 Å². The highest BCUT2D eigenvalue weighted by Crippen LogP contribution is 2.22. The lowest BCUT2D eigenvalue weighted by molar-refractivity contribution is -0.133. The molecule has 0 radical (unpaired) electrons. The van der Waals surface area contributed by atoms with E-state index in [1.54, 1.807) is 32.9 Å². The molecule has 0 spiro atoms. The van der Waals surface area contributed by atoms with Crippen LogP contribution in [0.5, 0.6) is 0 Å². The van der Waals surface area contributed by atoms with E-state index in [0.717, 1.165) is 9.21 Å². The van der Waals surface area contributed by atoms with Gasteiger partial charge in [0.1, 0.15) is 5.60 Å². The van der Waals surface area contributed by atoms with Crippen molar-refractivity contribution in [1.82, 2.24) is 9.21 Å². The summed E-state index contributed by atoms with van der Waals surface area (Å²) in [5, 5.41) is 0. The van der Waals surface area contributed by atoms with E-state index in [9.17, 15) is 18.0 Å². The SMILES string of the molecule is CC(C)(C)OC(=O)N1CCN(S(=O)(=O)C2=CC=CCC2=S)CC1=O. The van der Waals surface area contributed by atoms with Gasteiger partial charge in [-0.1, -0.05) is 24.4 Å². The van der Waals surface area contributed by atoms with Crippen LogP contribution in [0.4, 0.5) is 4.79 Å². The molecule has 1 fully saturated rings. The van der Waals surface area contributed by atoms with Gasteiger partial charge in [-0.15, -0.1) is 0 Å². The second-order valence-corrected chi connectivity index (χ2v) is 8.85. The van der Waals surface area contributed by atoms with Gasteiger partial charge in [-0.2, -0.15) is 4.31 Å². The third-order valence-electron chi connectivity index (χ3n) is 3.38. The summed E-state index contributed by atoms with van der Waals surface area (Å²) in [4.78, 5) is 25.5. The second-order valence-electron chi connectivity index (χ2n) is 6.45. The maximum atomic E-state index is 12.7. The first kappa shape index (κ1) is 18.8. The van der Waals surface area contributed by atoms with Crippen molar-refractivity contribution in [1.29, 1.82) is 0 Å². The van der Waals surface area contributed by atoms with Crippen molar-refractivity contribution >= 4 is 39.1 Å². The van der Waals surface area contributed by atoms with Gasteiger partial charge in [0.25, 0.3) is 0 Å². The lowest BCUT2D eigenvalue weighted by Crippen LogP contribution is -2.55. The monoisotopic (exact) mass is 372 g/mol. The summed E-state index contributed by atoms with van der Waals surface area (Å²) < 4.78 is 31.5. The summed E-state index contributed by atoms with van der Waals surface area (Å²) in [5.41, 5.74) is -0.730. The van der Waals surface area contributed by atoms with E-state index in [0.29, 0.717) is 11.3 Å². The van der Waals surface area contributed by atoms with Crippen molar-refractivity contribution in [3.63, 3.8) is 0 Å². The summed E-state index contributed by atoms with van der Waals surface area (Å²) in [6, 6.07) is 0. The fourth-order valence-electron chi connectivity index (χ4n) is 2.26. The molecule has 0 aromatic carbocycles. The van der Waals surface area contributed by atoms with Crippen LogP contribution >= 0.6 is 12.2 Å². The third-order valence-corrected chi connectivity index (χ3v) is 5.82. The van der Waals surface area contributed by atoms with Gasteiger partial charge in [0.05, 0.1) is 11.4 Å². The molecule has 0 unspecified atom stereocenters. The number of nitrogens with zero attached hydrogens (tertiary/aromatic N) is 2. The van der Waals surface area contributed by atoms with Crippen LogP contribution in [0.3, 0.4) is 0 Å². The van der Waals surface area contributed by atoms with Crippen molar-refractivity contribution in [2.24, 2.45) is 0 Å². The van der Waals surface area contributed by atoms with Crippen LogP contribution in [0.1, 0.15) is 27.2 Å². The van der Waals surface area contributed by atoms with E-state index in [2.05, 4.69) is 0 Å². The van der Waals surface area contributed by atoms with Crippen molar-refractivity contribution in [2.75, 3.05) is 19.6 Å². The number of hydrogen-bond donors (Lipinski definition) is 0. The molecule has 1 heterocycles. The number of carbonyl (C=O) groups is 2. The zero-order chi connectivity index (χ0) is 18.1. The van der Waals surface area contributed by atoms with Crippen LogP contribution in [0.2, 0.25) is 0 Å². The molecule has 0 aromatic rings. The molecule has 7 nitrogen and oxygen atoms in total. The summed E-state index contributed by atoms with van der Waals surface area (Å²) in [5.74, 6) is -0.614. The van der Waals surface area contributed by atoms with Crippen molar-refractivity contribution in [2.45, 2.75) is 32.8 Å². The van der Waals surface area contributed by atoms with Gasteiger partial charge in [0, 0.05) is 24.4 Å². The average Bonchev–Trinajstić information content (AvgIpc) is 2.45. The topological polar surface area (TPSA) is 84.0 Å². The molecule has 1 saturated heterocycles. The van der Waals surface area contributed by atoms with Crippen LogP contribution in [0.15, 0.2) is 23.1 Å². The first-order valence-electron chi connectivity index (χ1n) is 7.46. The molecule has 0 saturated carbocycles. The molecule has 0 atom stereocenters. The number of thiocarbonyl (C=S) groups is 1. The van der Waals surface area contributed by atoms with Crippen LogP contribution in [0.25, 0.3) is 0 Å². The Morgan fingerprint density at radius 1 is 1.29 bits per heavy atom. The number of imide groups is 1. The smallest absolute Gasteiger partial charge is 0.417 e. The molecule has 2 rings (SSSR count). The third kappa shape index (κ3) is 4.08. The Kier molecular flexibility index (Phi) is 5.26. The fourth-order valence-corrected chi connectivity index (χ4v) is 4.24. The van der Waals surface area contributed by atoms with Crippen molar-refractivity contribution in [3.05, 3.63) is 23.1 Å². The van der Waals surface area contributed by atoms with Gasteiger partial charge in [-0.05, 0) is 26.8 Å². The van der Waals surface area contributed by atoms with Crippen molar-refractivity contribution < 1.29 is 22.7 Å². The standard InChI is InChI=1S/C15H20N2O5S2/c1-15(2,3)22-14(19)17-9-8-16(10-13(17)18)24(20,21)12-7-5-4-6-11(12)23/h4-5,7H,6,8-10H2,1-3H3. The first-order valence-corrected chi connectivity index (χ1v) is 9.31. The molecule has 132 valence electrons. The van der Waals surface area contributed by atoms with Crippen molar-refractivity contribution in [3.8, 4) is 0 Å². The molecule has 1 aliphatic carbocycles. The Balaban J connectivity index is 2.12. The zero-order valence-corrected chi connectivity index (χ0v) is 15.4. The molecular formula is C15H20N2O5S2. The Labute approximate surface area is 147 Å². The van der Waals surface area contributed by atoms with E-state index in [4.69, 9.17) is 17.0 Å². The molecule has 0 bridgehead atoms. The molecule has 24 heavy (non-hydrogen) atoms. The summed E-state index contributed by atoms with van der Waals surface area (Å²) in [7, 11) is -3.85. The number of carbonyl (C=O) groups excluding carboxylic acids is 2. The zero-order valence-electron chi connectivity index (χ0n) is 13.8. The fraction of sp³-hybridized carbons (Fsp3) is 0.533. The highest BCUT2D eigenvalue weighted by Gasteiger charge is 2.38. The highest BCUT2D eigenvalue weighted by molar-refractivity contribution is 7.96. The lowest BCUT2D eigenvalue weighted by atomic mass is 10.2. The van der Waals surface area contributed by atoms with E-state index >= 15 is 0 Å².